The number of urea groups is 1. The Labute approximate surface area is 193 Å². The highest BCUT2D eigenvalue weighted by Crippen LogP contribution is 2.19. The van der Waals surface area contributed by atoms with Gasteiger partial charge in [0.25, 0.3) is 0 Å². The van der Waals surface area contributed by atoms with Crippen molar-refractivity contribution < 1.29 is 14.3 Å². The molecule has 0 radical (unpaired) electrons. The molecule has 0 fully saturated rings. The first kappa shape index (κ1) is 23.3. The van der Waals surface area contributed by atoms with Gasteiger partial charge in [0.05, 0.1) is 13.7 Å². The summed E-state index contributed by atoms with van der Waals surface area (Å²) in [5.41, 5.74) is 1.67. The van der Waals surface area contributed by atoms with Gasteiger partial charge >= 0.3 is 6.03 Å². The van der Waals surface area contributed by atoms with E-state index in [4.69, 9.17) is 4.74 Å². The summed E-state index contributed by atoms with van der Waals surface area (Å²) < 4.78 is 5.22. The Hall–Kier alpha value is -3.32. The van der Waals surface area contributed by atoms with Gasteiger partial charge in [-0.15, -0.1) is 11.3 Å². The van der Waals surface area contributed by atoms with Gasteiger partial charge in [0.2, 0.25) is 5.91 Å². The molecule has 0 aliphatic rings. The third-order valence-electron chi connectivity index (χ3n) is 5.01. The lowest BCUT2D eigenvalue weighted by molar-refractivity contribution is -0.133. The number of hydrogen-bond donors (Lipinski definition) is 1. The van der Waals surface area contributed by atoms with Gasteiger partial charge in [0, 0.05) is 29.2 Å². The molecule has 1 N–H and O–H groups in total. The Morgan fingerprint density at radius 1 is 1.00 bits per heavy atom. The zero-order valence-electron chi connectivity index (χ0n) is 18.7. The number of rotatable bonds is 9. The Morgan fingerprint density at radius 2 is 1.78 bits per heavy atom. The van der Waals surface area contributed by atoms with Gasteiger partial charge in [-0.05, 0) is 43.0 Å². The van der Waals surface area contributed by atoms with Crippen molar-refractivity contribution in [3.63, 3.8) is 0 Å². The highest BCUT2D eigenvalue weighted by atomic mass is 32.1. The minimum atomic E-state index is -0.322. The first-order valence-electron chi connectivity index (χ1n) is 10.5. The van der Waals surface area contributed by atoms with Crippen molar-refractivity contribution in [2.75, 3.05) is 19.0 Å². The number of anilines is 1. The zero-order chi connectivity index (χ0) is 22.9. The Morgan fingerprint density at radius 3 is 2.44 bits per heavy atom. The van der Waals surface area contributed by atoms with Crippen molar-refractivity contribution in [1.82, 2.24) is 9.80 Å². The lowest BCUT2D eigenvalue weighted by Crippen LogP contribution is -2.47. The Bertz CT molecular complexity index is 1010. The van der Waals surface area contributed by atoms with Crippen molar-refractivity contribution in [2.24, 2.45) is 0 Å². The zero-order valence-corrected chi connectivity index (χ0v) is 19.5. The number of carbonyl (C=O) groups excluding carboxylic acids is 2. The summed E-state index contributed by atoms with van der Waals surface area (Å²) in [4.78, 5) is 30.8. The highest BCUT2D eigenvalue weighted by molar-refractivity contribution is 7.09. The van der Waals surface area contributed by atoms with Crippen LogP contribution in [0.15, 0.2) is 72.1 Å². The summed E-state index contributed by atoms with van der Waals surface area (Å²) in [5.74, 6) is 0.553. The van der Waals surface area contributed by atoms with Crippen LogP contribution in [0, 0.1) is 0 Å². The maximum Gasteiger partial charge on any atom is 0.322 e. The van der Waals surface area contributed by atoms with E-state index in [9.17, 15) is 9.59 Å². The minimum Gasteiger partial charge on any atom is -0.497 e. The van der Waals surface area contributed by atoms with Crippen LogP contribution in [0.4, 0.5) is 10.5 Å². The second kappa shape index (κ2) is 11.3. The number of carbonyl (C=O) groups is 2. The van der Waals surface area contributed by atoms with E-state index in [-0.39, 0.29) is 24.5 Å². The van der Waals surface area contributed by atoms with E-state index in [1.54, 1.807) is 40.4 Å². The van der Waals surface area contributed by atoms with E-state index in [1.165, 1.54) is 0 Å². The molecule has 168 valence electrons. The fourth-order valence-electron chi connectivity index (χ4n) is 3.26. The molecule has 3 aromatic rings. The monoisotopic (exact) mass is 451 g/mol. The van der Waals surface area contributed by atoms with E-state index < -0.39 is 0 Å². The number of amides is 3. The second-order valence-electron chi connectivity index (χ2n) is 7.70. The maximum atomic E-state index is 13.3. The van der Waals surface area contributed by atoms with Gasteiger partial charge in [0.1, 0.15) is 12.3 Å². The fraction of sp³-hybridized carbons (Fsp3) is 0.280. The summed E-state index contributed by atoms with van der Waals surface area (Å²) in [6, 6.07) is 20.6. The molecular weight excluding hydrogens is 422 g/mol. The SMILES string of the molecule is COc1cccc(NC(=O)N(CC(=O)N(Cc2ccccc2)Cc2cccs2)C(C)C)c1. The van der Waals surface area contributed by atoms with Crippen LogP contribution in [0.2, 0.25) is 0 Å². The number of nitrogens with zero attached hydrogens (tertiary/aromatic N) is 2. The summed E-state index contributed by atoms with van der Waals surface area (Å²) in [7, 11) is 1.58. The van der Waals surface area contributed by atoms with Crippen molar-refractivity contribution in [3.8, 4) is 5.75 Å². The molecule has 0 aliphatic heterocycles. The predicted octanol–water partition coefficient (Wildman–Crippen LogP) is 5.23. The van der Waals surface area contributed by atoms with E-state index in [0.29, 0.717) is 24.5 Å². The molecule has 0 atom stereocenters. The van der Waals surface area contributed by atoms with Gasteiger partial charge < -0.3 is 19.9 Å². The van der Waals surface area contributed by atoms with Crippen LogP contribution < -0.4 is 10.1 Å². The van der Waals surface area contributed by atoms with E-state index >= 15 is 0 Å². The smallest absolute Gasteiger partial charge is 0.322 e. The van der Waals surface area contributed by atoms with E-state index in [1.807, 2.05) is 73.8 Å². The van der Waals surface area contributed by atoms with Crippen LogP contribution in [0.5, 0.6) is 5.75 Å². The van der Waals surface area contributed by atoms with Gasteiger partial charge in [-0.1, -0.05) is 42.5 Å². The molecule has 0 spiro atoms. The maximum absolute atomic E-state index is 13.3. The predicted molar refractivity (Wildman–Crippen MR) is 129 cm³/mol. The van der Waals surface area contributed by atoms with Crippen molar-refractivity contribution >= 4 is 29.0 Å². The minimum absolute atomic E-state index is 0.00826. The Kier molecular flexibility index (Phi) is 8.27. The van der Waals surface area contributed by atoms with E-state index in [2.05, 4.69) is 5.32 Å². The molecule has 0 bridgehead atoms. The fourth-order valence-corrected chi connectivity index (χ4v) is 3.98. The van der Waals surface area contributed by atoms with Crippen LogP contribution in [-0.4, -0.2) is 41.4 Å². The number of ether oxygens (including phenoxy) is 1. The summed E-state index contributed by atoms with van der Waals surface area (Å²) in [5, 5.41) is 4.88. The molecule has 7 heteroatoms. The summed E-state index contributed by atoms with van der Waals surface area (Å²) >= 11 is 1.62. The van der Waals surface area contributed by atoms with Crippen molar-refractivity contribution in [2.45, 2.75) is 33.0 Å². The molecule has 0 aliphatic carbocycles. The molecule has 0 unspecified atom stereocenters. The quantitative estimate of drug-likeness (QED) is 0.485. The molecule has 32 heavy (non-hydrogen) atoms. The number of benzene rings is 2. The van der Waals surface area contributed by atoms with Gasteiger partial charge in [-0.3, -0.25) is 4.79 Å². The normalized spacial score (nSPS) is 10.6. The standard InChI is InChI=1S/C25H29N3O3S/c1-19(2)28(25(30)26-21-11-7-12-22(15-21)31-3)18-24(29)27(17-23-13-8-14-32-23)16-20-9-5-4-6-10-20/h4-15,19H,16-18H2,1-3H3,(H,26,30). The number of thiophene rings is 1. The first-order chi connectivity index (χ1) is 15.5. The van der Waals surface area contributed by atoms with Gasteiger partial charge in [0.15, 0.2) is 0 Å². The van der Waals surface area contributed by atoms with Crippen LogP contribution in [0.3, 0.4) is 0 Å². The topological polar surface area (TPSA) is 61.9 Å². The molecule has 1 heterocycles. The van der Waals surface area contributed by atoms with Gasteiger partial charge in [-0.2, -0.15) is 0 Å². The van der Waals surface area contributed by atoms with E-state index in [0.717, 1.165) is 10.4 Å². The molecule has 3 amide bonds. The summed E-state index contributed by atoms with van der Waals surface area (Å²) in [6.45, 7) is 4.79. The molecule has 0 saturated carbocycles. The number of hydrogen-bond acceptors (Lipinski definition) is 4. The average molecular weight is 452 g/mol. The van der Waals surface area contributed by atoms with Crippen molar-refractivity contribution in [3.05, 3.63) is 82.6 Å². The number of nitrogens with one attached hydrogen (secondary N) is 1. The first-order valence-corrected chi connectivity index (χ1v) is 11.4. The largest absolute Gasteiger partial charge is 0.497 e. The lowest BCUT2D eigenvalue weighted by atomic mass is 10.2. The van der Waals surface area contributed by atoms with Crippen LogP contribution in [0.25, 0.3) is 0 Å². The molecule has 1 aromatic heterocycles. The average Bonchev–Trinajstić information content (AvgIpc) is 3.30. The second-order valence-corrected chi connectivity index (χ2v) is 8.73. The Balaban J connectivity index is 1.73. The lowest BCUT2D eigenvalue weighted by Gasteiger charge is -2.30. The molecule has 3 rings (SSSR count). The molecular formula is C25H29N3O3S. The van der Waals surface area contributed by atoms with Crippen LogP contribution in [0.1, 0.15) is 24.3 Å². The third-order valence-corrected chi connectivity index (χ3v) is 5.87. The van der Waals surface area contributed by atoms with Crippen molar-refractivity contribution in [1.29, 1.82) is 0 Å². The highest BCUT2D eigenvalue weighted by Gasteiger charge is 2.24. The number of methoxy groups -OCH3 is 1. The molecule has 6 nitrogen and oxygen atoms in total. The molecule has 0 saturated heterocycles. The summed E-state index contributed by atoms with van der Waals surface area (Å²) in [6.07, 6.45) is 0. The molecule has 2 aromatic carbocycles. The van der Waals surface area contributed by atoms with Crippen LogP contribution in [-0.2, 0) is 17.9 Å². The van der Waals surface area contributed by atoms with Crippen LogP contribution >= 0.6 is 11.3 Å². The third kappa shape index (κ3) is 6.59. The van der Waals surface area contributed by atoms with Gasteiger partial charge in [-0.25, -0.2) is 4.79 Å².